The molecule has 2 aromatic rings. The van der Waals surface area contributed by atoms with Crippen LogP contribution in [0.2, 0.25) is 0 Å². The summed E-state index contributed by atoms with van der Waals surface area (Å²) in [6.07, 6.45) is 2.53. The van der Waals surface area contributed by atoms with Gasteiger partial charge in [0.05, 0.1) is 12.1 Å². The molecule has 8 nitrogen and oxygen atoms in total. The highest BCUT2D eigenvalue weighted by atomic mass is 32.2. The Morgan fingerprint density at radius 3 is 2.59 bits per heavy atom. The Morgan fingerprint density at radius 2 is 2.00 bits per heavy atom. The lowest BCUT2D eigenvalue weighted by Crippen LogP contribution is -2.36. The molecule has 0 aromatic carbocycles. The fourth-order valence-electron chi connectivity index (χ4n) is 1.84. The number of nitrogens with one attached hydrogen (secondary N) is 1. The van der Waals surface area contributed by atoms with Crippen molar-refractivity contribution in [2.24, 2.45) is 0 Å². The van der Waals surface area contributed by atoms with Crippen LogP contribution in [0, 0.1) is 0 Å². The topological polar surface area (TPSA) is 101 Å². The van der Waals surface area contributed by atoms with Crippen molar-refractivity contribution in [1.82, 2.24) is 19.6 Å². The summed E-state index contributed by atoms with van der Waals surface area (Å²) in [5, 5.41) is 2.22. The van der Waals surface area contributed by atoms with Gasteiger partial charge >= 0.3 is 0 Å². The zero-order valence-corrected chi connectivity index (χ0v) is 13.2. The SMILES string of the molecule is CN(C)C(=O)CNC(=O)c1nc(S(C)(=O)=O)n2ccccc12. The summed E-state index contributed by atoms with van der Waals surface area (Å²) in [4.78, 5) is 28.9. The van der Waals surface area contributed by atoms with Crippen molar-refractivity contribution in [2.45, 2.75) is 5.16 Å². The largest absolute Gasteiger partial charge is 0.347 e. The number of carbonyl (C=O) groups excluding carboxylic acids is 2. The van der Waals surface area contributed by atoms with E-state index in [9.17, 15) is 18.0 Å². The molecule has 0 bridgehead atoms. The van der Waals surface area contributed by atoms with E-state index in [2.05, 4.69) is 10.3 Å². The molecule has 0 aliphatic carbocycles. The van der Waals surface area contributed by atoms with E-state index >= 15 is 0 Å². The highest BCUT2D eigenvalue weighted by Crippen LogP contribution is 2.16. The van der Waals surface area contributed by atoms with E-state index in [1.54, 1.807) is 32.3 Å². The molecule has 0 radical (unpaired) electrons. The van der Waals surface area contributed by atoms with Gasteiger partial charge in [0, 0.05) is 26.5 Å². The molecule has 118 valence electrons. The van der Waals surface area contributed by atoms with E-state index in [1.165, 1.54) is 15.5 Å². The van der Waals surface area contributed by atoms with Crippen LogP contribution in [0.1, 0.15) is 10.5 Å². The van der Waals surface area contributed by atoms with Crippen LogP contribution in [0.5, 0.6) is 0 Å². The number of hydrogen-bond acceptors (Lipinski definition) is 5. The third kappa shape index (κ3) is 3.08. The summed E-state index contributed by atoms with van der Waals surface area (Å²) in [7, 11) is -0.447. The second-order valence-corrected chi connectivity index (χ2v) is 6.85. The zero-order valence-electron chi connectivity index (χ0n) is 12.4. The second kappa shape index (κ2) is 5.76. The van der Waals surface area contributed by atoms with Crippen LogP contribution >= 0.6 is 0 Å². The molecule has 0 saturated carbocycles. The van der Waals surface area contributed by atoms with Gasteiger partial charge in [0.1, 0.15) is 0 Å². The van der Waals surface area contributed by atoms with Gasteiger partial charge in [0.25, 0.3) is 5.91 Å². The van der Waals surface area contributed by atoms with E-state index in [4.69, 9.17) is 0 Å². The van der Waals surface area contributed by atoms with Crippen LogP contribution in [0.15, 0.2) is 29.6 Å². The summed E-state index contributed by atoms with van der Waals surface area (Å²) in [5.41, 5.74) is 0.324. The number of likely N-dealkylation sites (N-methyl/N-ethyl adjacent to an activating group) is 1. The summed E-state index contributed by atoms with van der Waals surface area (Å²) in [5.74, 6) is -0.881. The lowest BCUT2D eigenvalue weighted by Gasteiger charge is -2.10. The minimum absolute atomic E-state index is 0.0346. The van der Waals surface area contributed by atoms with E-state index in [0.29, 0.717) is 5.52 Å². The van der Waals surface area contributed by atoms with Crippen LogP contribution < -0.4 is 5.32 Å². The molecule has 2 aromatic heterocycles. The molecule has 0 aliphatic heterocycles. The number of hydrogen-bond donors (Lipinski definition) is 1. The molecule has 2 amide bonds. The first-order chi connectivity index (χ1) is 10.2. The lowest BCUT2D eigenvalue weighted by molar-refractivity contribution is -0.127. The van der Waals surface area contributed by atoms with Crippen LogP contribution in [-0.2, 0) is 14.6 Å². The van der Waals surface area contributed by atoms with Gasteiger partial charge in [0.2, 0.25) is 20.9 Å². The molecule has 2 rings (SSSR count). The number of imidazole rings is 1. The number of rotatable bonds is 4. The summed E-state index contributed by atoms with van der Waals surface area (Å²) >= 11 is 0. The van der Waals surface area contributed by atoms with E-state index in [1.807, 2.05) is 0 Å². The van der Waals surface area contributed by atoms with Gasteiger partial charge in [-0.3, -0.25) is 14.0 Å². The van der Waals surface area contributed by atoms with E-state index < -0.39 is 15.7 Å². The maximum absolute atomic E-state index is 12.2. The number of carbonyl (C=O) groups is 2. The predicted molar refractivity (Wildman–Crippen MR) is 79.3 cm³/mol. The molecule has 0 fully saturated rings. The Kier molecular flexibility index (Phi) is 4.18. The highest BCUT2D eigenvalue weighted by Gasteiger charge is 2.22. The molecule has 0 aliphatic rings. The fourth-order valence-corrected chi connectivity index (χ4v) is 2.61. The van der Waals surface area contributed by atoms with Gasteiger partial charge in [-0.05, 0) is 12.1 Å². The molecule has 9 heteroatoms. The van der Waals surface area contributed by atoms with Crippen molar-refractivity contribution >= 4 is 27.2 Å². The number of nitrogens with zero attached hydrogens (tertiary/aromatic N) is 3. The van der Waals surface area contributed by atoms with Gasteiger partial charge in [-0.1, -0.05) is 6.07 Å². The molecular formula is C13H16N4O4S. The monoisotopic (exact) mass is 324 g/mol. The summed E-state index contributed by atoms with van der Waals surface area (Å²) in [6.45, 7) is -0.189. The second-order valence-electron chi connectivity index (χ2n) is 4.94. The van der Waals surface area contributed by atoms with Crippen molar-refractivity contribution in [3.05, 3.63) is 30.1 Å². The molecule has 1 N–H and O–H groups in total. The molecule has 0 spiro atoms. The lowest BCUT2D eigenvalue weighted by atomic mass is 10.3. The van der Waals surface area contributed by atoms with Gasteiger partial charge in [-0.2, -0.15) is 0 Å². The average Bonchev–Trinajstić information content (AvgIpc) is 2.83. The third-order valence-corrected chi connectivity index (χ3v) is 3.91. The van der Waals surface area contributed by atoms with Crippen LogP contribution in [0.25, 0.3) is 5.52 Å². The molecule has 0 saturated heterocycles. The van der Waals surface area contributed by atoms with Crippen molar-refractivity contribution in [3.63, 3.8) is 0 Å². The first-order valence-electron chi connectivity index (χ1n) is 6.37. The molecule has 0 atom stereocenters. The van der Waals surface area contributed by atoms with Crippen LogP contribution in [-0.4, -0.2) is 61.4 Å². The van der Waals surface area contributed by atoms with Crippen molar-refractivity contribution in [2.75, 3.05) is 26.9 Å². The Bertz CT molecular complexity index is 839. The van der Waals surface area contributed by atoms with Gasteiger partial charge < -0.3 is 10.2 Å². The smallest absolute Gasteiger partial charge is 0.272 e. The van der Waals surface area contributed by atoms with Crippen molar-refractivity contribution in [3.8, 4) is 0 Å². The fraction of sp³-hybridized carbons (Fsp3) is 0.308. The standard InChI is InChI=1S/C13H16N4O4S/c1-16(2)10(18)8-14-12(19)11-9-6-4-5-7-17(9)13(15-11)22(3,20)21/h4-7H,8H2,1-3H3,(H,14,19). The average molecular weight is 324 g/mol. The molecule has 0 unspecified atom stereocenters. The maximum atomic E-state index is 12.2. The van der Waals surface area contributed by atoms with E-state index in [-0.39, 0.29) is 23.3 Å². The van der Waals surface area contributed by atoms with E-state index in [0.717, 1.165) is 6.26 Å². The number of fused-ring (bicyclic) bond motifs is 1. The Labute approximate surface area is 127 Å². The zero-order chi connectivity index (χ0) is 16.5. The summed E-state index contributed by atoms with van der Waals surface area (Å²) in [6, 6.07) is 4.90. The quantitative estimate of drug-likeness (QED) is 0.821. The first kappa shape index (κ1) is 16.0. The Morgan fingerprint density at radius 1 is 1.32 bits per heavy atom. The molecular weight excluding hydrogens is 308 g/mol. The number of amides is 2. The normalized spacial score (nSPS) is 11.4. The first-order valence-corrected chi connectivity index (χ1v) is 8.26. The number of aromatic nitrogens is 2. The van der Waals surface area contributed by atoms with Crippen LogP contribution in [0.4, 0.5) is 0 Å². The molecule has 2 heterocycles. The van der Waals surface area contributed by atoms with Crippen molar-refractivity contribution < 1.29 is 18.0 Å². The van der Waals surface area contributed by atoms with Crippen molar-refractivity contribution in [1.29, 1.82) is 0 Å². The Hall–Kier alpha value is -2.42. The minimum atomic E-state index is -3.59. The summed E-state index contributed by atoms with van der Waals surface area (Å²) < 4.78 is 24.9. The van der Waals surface area contributed by atoms with Gasteiger partial charge in [-0.15, -0.1) is 0 Å². The predicted octanol–water partition coefficient (Wildman–Crippen LogP) is -0.444. The maximum Gasteiger partial charge on any atom is 0.272 e. The minimum Gasteiger partial charge on any atom is -0.347 e. The van der Waals surface area contributed by atoms with Crippen LogP contribution in [0.3, 0.4) is 0 Å². The number of pyridine rings is 1. The highest BCUT2D eigenvalue weighted by molar-refractivity contribution is 7.90. The van der Waals surface area contributed by atoms with Gasteiger partial charge in [-0.25, -0.2) is 13.4 Å². The number of sulfone groups is 1. The van der Waals surface area contributed by atoms with Gasteiger partial charge in [0.15, 0.2) is 5.69 Å². The third-order valence-electron chi connectivity index (χ3n) is 2.96. The Balaban J connectivity index is 2.40. The molecule has 22 heavy (non-hydrogen) atoms.